The Bertz CT molecular complexity index is 1610. The third-order valence-corrected chi connectivity index (χ3v) is 9.87. The number of ether oxygens (including phenoxy) is 1. The van der Waals surface area contributed by atoms with E-state index in [0.29, 0.717) is 6.10 Å². The fourth-order valence-electron chi connectivity index (χ4n) is 7.27. The number of fused-ring (bicyclic) bond motifs is 1. The maximum absolute atomic E-state index is 5.48. The molecule has 1 atom stereocenters. The van der Waals surface area contributed by atoms with Crippen LogP contribution in [0.15, 0.2) is 103 Å². The van der Waals surface area contributed by atoms with Crippen molar-refractivity contribution in [2.45, 2.75) is 71.9 Å². The van der Waals surface area contributed by atoms with Gasteiger partial charge in [0.1, 0.15) is 0 Å². The minimum Gasteiger partial charge on any atom is -0.373 e. The molecule has 4 nitrogen and oxygen atoms in total. The Kier molecular flexibility index (Phi) is 10.4. The molecular formula is C42H51N3O. The topological polar surface area (TPSA) is 23.9 Å². The minimum atomic E-state index is 0.0878. The molecule has 0 spiro atoms. The molecule has 1 unspecified atom stereocenters. The molecule has 0 saturated carbocycles. The number of aromatic nitrogens is 1. The summed E-state index contributed by atoms with van der Waals surface area (Å²) in [6.45, 7) is 14.9. The van der Waals surface area contributed by atoms with Crippen LogP contribution in [0.2, 0.25) is 0 Å². The SMILES string of the molecule is CCN(CC)c1ccc(C(c2ccc(N(CC)CC)cc2)c2c(-c3ccccc3)n(CCCCCC3CO3)c3ccccc23)cc1. The first-order valence-electron chi connectivity index (χ1n) is 17.6. The standard InChI is InChI=1S/C42H51N3O/c1-5-43(6-2)35-26-22-32(23-27-35)40(33-24-28-36(29-25-33)44(7-3)8-4)41-38-20-14-15-21-39(38)45(30-16-10-13-19-37-31-46-37)42(41)34-17-11-9-12-18-34/h9,11-12,14-15,17-18,20-29,37,40H,5-8,10,13,16,19,30-31H2,1-4H3. The van der Waals surface area contributed by atoms with Gasteiger partial charge in [0.25, 0.3) is 0 Å². The number of aryl methyl sites for hydroxylation is 1. The third-order valence-electron chi connectivity index (χ3n) is 9.87. The van der Waals surface area contributed by atoms with Crippen molar-refractivity contribution >= 4 is 22.3 Å². The number of epoxide rings is 1. The highest BCUT2D eigenvalue weighted by Crippen LogP contribution is 2.45. The molecule has 5 aromatic rings. The zero-order valence-electron chi connectivity index (χ0n) is 28.3. The predicted molar refractivity (Wildman–Crippen MR) is 197 cm³/mol. The lowest BCUT2D eigenvalue weighted by Gasteiger charge is -2.25. The van der Waals surface area contributed by atoms with Crippen molar-refractivity contribution in [1.82, 2.24) is 4.57 Å². The van der Waals surface area contributed by atoms with Crippen LogP contribution in [-0.2, 0) is 11.3 Å². The molecule has 0 aliphatic carbocycles. The van der Waals surface area contributed by atoms with Crippen molar-refractivity contribution in [2.24, 2.45) is 0 Å². The first-order valence-corrected chi connectivity index (χ1v) is 17.6. The molecule has 1 aromatic heterocycles. The zero-order chi connectivity index (χ0) is 31.9. The molecule has 1 fully saturated rings. The second kappa shape index (κ2) is 15.0. The number of hydrogen-bond donors (Lipinski definition) is 0. The van der Waals surface area contributed by atoms with E-state index < -0.39 is 0 Å². The molecule has 2 heterocycles. The summed E-state index contributed by atoms with van der Waals surface area (Å²) in [5.74, 6) is 0.0878. The zero-order valence-corrected chi connectivity index (χ0v) is 28.3. The van der Waals surface area contributed by atoms with Crippen LogP contribution in [0, 0.1) is 0 Å². The molecule has 0 radical (unpaired) electrons. The minimum absolute atomic E-state index is 0.0878. The summed E-state index contributed by atoms with van der Waals surface area (Å²) >= 11 is 0. The van der Waals surface area contributed by atoms with Crippen LogP contribution in [0.4, 0.5) is 11.4 Å². The quantitative estimate of drug-likeness (QED) is 0.0817. The summed E-state index contributed by atoms with van der Waals surface area (Å²) in [4.78, 5) is 4.85. The number of para-hydroxylation sites is 1. The van der Waals surface area contributed by atoms with E-state index in [0.717, 1.165) is 45.8 Å². The van der Waals surface area contributed by atoms with Gasteiger partial charge in [-0.2, -0.15) is 0 Å². The lowest BCUT2D eigenvalue weighted by atomic mass is 9.82. The number of benzene rings is 4. The van der Waals surface area contributed by atoms with Crippen molar-refractivity contribution in [1.29, 1.82) is 0 Å². The Labute approximate surface area is 276 Å². The summed E-state index contributed by atoms with van der Waals surface area (Å²) < 4.78 is 8.10. The van der Waals surface area contributed by atoms with E-state index in [2.05, 4.69) is 145 Å². The van der Waals surface area contributed by atoms with Gasteiger partial charge in [-0.3, -0.25) is 0 Å². The van der Waals surface area contributed by atoms with Crippen molar-refractivity contribution < 1.29 is 4.74 Å². The van der Waals surface area contributed by atoms with Gasteiger partial charge in [0, 0.05) is 60.9 Å². The second-order valence-corrected chi connectivity index (χ2v) is 12.6. The third kappa shape index (κ3) is 6.88. The molecule has 1 aliphatic heterocycles. The molecule has 240 valence electrons. The first kappa shape index (κ1) is 31.9. The second-order valence-electron chi connectivity index (χ2n) is 12.6. The number of anilines is 2. The van der Waals surface area contributed by atoms with Gasteiger partial charge in [-0.25, -0.2) is 0 Å². The molecule has 1 aliphatic rings. The van der Waals surface area contributed by atoms with Crippen molar-refractivity contribution in [2.75, 3.05) is 42.6 Å². The van der Waals surface area contributed by atoms with Gasteiger partial charge in [-0.05, 0) is 93.1 Å². The van der Waals surface area contributed by atoms with Gasteiger partial charge in [-0.1, -0.05) is 85.6 Å². The van der Waals surface area contributed by atoms with Gasteiger partial charge in [0.2, 0.25) is 0 Å². The molecule has 0 N–H and O–H groups in total. The molecular weight excluding hydrogens is 562 g/mol. The van der Waals surface area contributed by atoms with Crippen molar-refractivity contribution in [3.8, 4) is 11.3 Å². The number of nitrogens with zero attached hydrogens (tertiary/aromatic N) is 3. The molecule has 0 amide bonds. The smallest absolute Gasteiger partial charge is 0.0810 e. The summed E-state index contributed by atoms with van der Waals surface area (Å²) in [5, 5.41) is 1.35. The van der Waals surface area contributed by atoms with Crippen LogP contribution in [0.3, 0.4) is 0 Å². The average Bonchev–Trinajstić information content (AvgIpc) is 3.89. The lowest BCUT2D eigenvalue weighted by molar-refractivity contribution is 0.387. The maximum atomic E-state index is 5.48. The Morgan fingerprint density at radius 2 is 1.20 bits per heavy atom. The van der Waals surface area contributed by atoms with E-state index >= 15 is 0 Å². The monoisotopic (exact) mass is 613 g/mol. The van der Waals surface area contributed by atoms with Crippen molar-refractivity contribution in [3.63, 3.8) is 0 Å². The Morgan fingerprint density at radius 3 is 1.74 bits per heavy atom. The van der Waals surface area contributed by atoms with E-state index in [1.54, 1.807) is 0 Å². The summed E-state index contributed by atoms with van der Waals surface area (Å²) in [6.07, 6.45) is 5.32. The largest absolute Gasteiger partial charge is 0.373 e. The molecule has 0 bridgehead atoms. The fraction of sp³-hybridized carbons (Fsp3) is 0.381. The van der Waals surface area contributed by atoms with Crippen LogP contribution in [-0.4, -0.2) is 43.5 Å². The number of rotatable bonds is 16. The highest BCUT2D eigenvalue weighted by atomic mass is 16.6. The van der Waals surface area contributed by atoms with Crippen LogP contribution in [0.25, 0.3) is 22.2 Å². The summed E-state index contributed by atoms with van der Waals surface area (Å²) in [6, 6.07) is 39.0. The van der Waals surface area contributed by atoms with E-state index in [1.807, 2.05) is 0 Å². The molecule has 6 rings (SSSR count). The Hall–Kier alpha value is -4.02. The van der Waals surface area contributed by atoms with E-state index in [4.69, 9.17) is 4.74 Å². The van der Waals surface area contributed by atoms with Crippen LogP contribution in [0.5, 0.6) is 0 Å². The van der Waals surface area contributed by atoms with Crippen LogP contribution in [0.1, 0.15) is 76.0 Å². The lowest BCUT2D eigenvalue weighted by Crippen LogP contribution is -2.22. The van der Waals surface area contributed by atoms with Crippen molar-refractivity contribution in [3.05, 3.63) is 120 Å². The maximum Gasteiger partial charge on any atom is 0.0810 e. The van der Waals surface area contributed by atoms with E-state index in [1.165, 1.54) is 69.5 Å². The fourth-order valence-corrected chi connectivity index (χ4v) is 7.27. The van der Waals surface area contributed by atoms with Gasteiger partial charge >= 0.3 is 0 Å². The summed E-state index contributed by atoms with van der Waals surface area (Å²) in [7, 11) is 0. The molecule has 46 heavy (non-hydrogen) atoms. The predicted octanol–water partition coefficient (Wildman–Crippen LogP) is 10.1. The first-order chi connectivity index (χ1) is 22.7. The van der Waals surface area contributed by atoms with Crippen LogP contribution >= 0.6 is 0 Å². The number of hydrogen-bond acceptors (Lipinski definition) is 3. The highest BCUT2D eigenvalue weighted by molar-refractivity contribution is 5.93. The van der Waals surface area contributed by atoms with E-state index in [9.17, 15) is 0 Å². The highest BCUT2D eigenvalue weighted by Gasteiger charge is 2.28. The molecule has 4 aromatic carbocycles. The Balaban J connectivity index is 1.51. The Morgan fingerprint density at radius 1 is 0.652 bits per heavy atom. The normalized spacial score (nSPS) is 14.2. The van der Waals surface area contributed by atoms with Gasteiger partial charge in [0.05, 0.1) is 18.4 Å². The van der Waals surface area contributed by atoms with Gasteiger partial charge < -0.3 is 19.1 Å². The van der Waals surface area contributed by atoms with E-state index in [-0.39, 0.29) is 5.92 Å². The molecule has 4 heteroatoms. The van der Waals surface area contributed by atoms with Gasteiger partial charge in [-0.15, -0.1) is 0 Å². The number of unbranched alkanes of at least 4 members (excludes halogenated alkanes) is 2. The van der Waals surface area contributed by atoms with Crippen LogP contribution < -0.4 is 9.80 Å². The molecule has 1 saturated heterocycles. The average molecular weight is 614 g/mol. The summed E-state index contributed by atoms with van der Waals surface area (Å²) in [5.41, 5.74) is 10.6. The van der Waals surface area contributed by atoms with Gasteiger partial charge in [0.15, 0.2) is 0 Å².